The van der Waals surface area contributed by atoms with E-state index in [2.05, 4.69) is 46.3 Å². The minimum absolute atomic E-state index is 0.643. The lowest BCUT2D eigenvalue weighted by Crippen LogP contribution is -2.03. The van der Waals surface area contributed by atoms with E-state index >= 15 is 0 Å². The van der Waals surface area contributed by atoms with Crippen LogP contribution in [-0.4, -0.2) is 5.71 Å². The molecule has 0 aliphatic heterocycles. The monoisotopic (exact) mass is 374 g/mol. The summed E-state index contributed by atoms with van der Waals surface area (Å²) in [6.07, 6.45) is 0. The SMILES string of the molecule is N#Cc1ccc(N=C(c2ccccc2)c2ccccc2)c(CBr)c1. The van der Waals surface area contributed by atoms with Crippen LogP contribution in [0.1, 0.15) is 22.3 Å². The van der Waals surface area contributed by atoms with Crippen molar-refractivity contribution >= 4 is 27.3 Å². The molecule has 0 saturated heterocycles. The Morgan fingerprint density at radius 1 is 0.875 bits per heavy atom. The van der Waals surface area contributed by atoms with Crippen LogP contribution in [0.3, 0.4) is 0 Å². The highest BCUT2D eigenvalue weighted by Gasteiger charge is 2.09. The Morgan fingerprint density at radius 3 is 1.96 bits per heavy atom. The predicted octanol–water partition coefficient (Wildman–Crippen LogP) is 5.62. The van der Waals surface area contributed by atoms with Crippen LogP contribution in [0.2, 0.25) is 0 Å². The molecule has 0 saturated carbocycles. The van der Waals surface area contributed by atoms with Crippen molar-refractivity contribution in [1.29, 1.82) is 5.26 Å². The summed E-state index contributed by atoms with van der Waals surface area (Å²) in [5.41, 5.74) is 5.56. The average Bonchev–Trinajstić information content (AvgIpc) is 2.67. The molecular weight excluding hydrogens is 360 g/mol. The summed E-state index contributed by atoms with van der Waals surface area (Å²) in [5, 5.41) is 9.74. The van der Waals surface area contributed by atoms with Gasteiger partial charge in [-0.3, -0.25) is 0 Å². The molecule has 3 heteroatoms. The van der Waals surface area contributed by atoms with Crippen LogP contribution in [0, 0.1) is 11.3 Å². The fraction of sp³-hybridized carbons (Fsp3) is 0.0476. The number of alkyl halides is 1. The van der Waals surface area contributed by atoms with Crippen molar-refractivity contribution in [3.63, 3.8) is 0 Å². The zero-order chi connectivity index (χ0) is 16.8. The summed E-state index contributed by atoms with van der Waals surface area (Å²) in [7, 11) is 0. The lowest BCUT2D eigenvalue weighted by Gasteiger charge is -2.10. The molecule has 2 nitrogen and oxygen atoms in total. The first kappa shape index (κ1) is 16.2. The zero-order valence-electron chi connectivity index (χ0n) is 13.0. The molecule has 3 rings (SSSR count). The van der Waals surface area contributed by atoms with E-state index in [-0.39, 0.29) is 0 Å². The Bertz CT molecular complexity index is 853. The quantitative estimate of drug-likeness (QED) is 0.431. The summed E-state index contributed by atoms with van der Waals surface area (Å²) in [5.74, 6) is 0. The Morgan fingerprint density at radius 2 is 1.46 bits per heavy atom. The molecule has 0 aromatic heterocycles. The van der Waals surface area contributed by atoms with Crippen molar-refractivity contribution < 1.29 is 0 Å². The molecule has 0 aliphatic carbocycles. The predicted molar refractivity (Wildman–Crippen MR) is 102 cm³/mol. The fourth-order valence-electron chi connectivity index (χ4n) is 2.48. The molecule has 0 atom stereocenters. The number of rotatable bonds is 4. The third kappa shape index (κ3) is 3.61. The molecule has 24 heavy (non-hydrogen) atoms. The van der Waals surface area contributed by atoms with Gasteiger partial charge < -0.3 is 0 Å². The molecule has 0 unspecified atom stereocenters. The minimum Gasteiger partial charge on any atom is -0.247 e. The first-order chi connectivity index (χ1) is 11.8. The van der Waals surface area contributed by atoms with Crippen LogP contribution >= 0.6 is 15.9 Å². The van der Waals surface area contributed by atoms with E-state index in [9.17, 15) is 0 Å². The third-order valence-electron chi connectivity index (χ3n) is 3.68. The molecular formula is C21H15BrN2. The Kier molecular flexibility index (Phi) is 5.20. The van der Waals surface area contributed by atoms with Crippen LogP contribution in [0.15, 0.2) is 83.9 Å². The smallest absolute Gasteiger partial charge is 0.0991 e. The van der Waals surface area contributed by atoms with Gasteiger partial charge in [0.1, 0.15) is 0 Å². The van der Waals surface area contributed by atoms with Gasteiger partial charge in [0.05, 0.1) is 23.0 Å². The number of nitrogens with zero attached hydrogens (tertiary/aromatic N) is 2. The number of hydrogen-bond donors (Lipinski definition) is 0. The van der Waals surface area contributed by atoms with Gasteiger partial charge in [-0.25, -0.2) is 4.99 Å². The highest BCUT2D eigenvalue weighted by Crippen LogP contribution is 2.25. The van der Waals surface area contributed by atoms with Crippen LogP contribution in [-0.2, 0) is 5.33 Å². The molecule has 0 N–H and O–H groups in total. The van der Waals surface area contributed by atoms with E-state index in [0.29, 0.717) is 10.9 Å². The van der Waals surface area contributed by atoms with E-state index in [1.54, 1.807) is 6.07 Å². The summed E-state index contributed by atoms with van der Waals surface area (Å²) in [4.78, 5) is 4.92. The number of hydrogen-bond acceptors (Lipinski definition) is 2. The van der Waals surface area contributed by atoms with Crippen molar-refractivity contribution in [2.75, 3.05) is 0 Å². The van der Waals surface area contributed by atoms with Gasteiger partial charge in [0, 0.05) is 16.5 Å². The molecule has 0 amide bonds. The van der Waals surface area contributed by atoms with Gasteiger partial charge in [0.25, 0.3) is 0 Å². The van der Waals surface area contributed by atoms with Crippen LogP contribution in [0.25, 0.3) is 0 Å². The highest BCUT2D eigenvalue weighted by molar-refractivity contribution is 9.08. The molecule has 0 radical (unpaired) electrons. The molecule has 0 fully saturated rings. The number of halogens is 1. The summed E-state index contributed by atoms with van der Waals surface area (Å²) < 4.78 is 0. The van der Waals surface area contributed by atoms with Crippen molar-refractivity contribution in [1.82, 2.24) is 0 Å². The second-order valence-corrected chi connectivity index (χ2v) is 5.84. The molecule has 116 valence electrons. The van der Waals surface area contributed by atoms with Crippen LogP contribution in [0.4, 0.5) is 5.69 Å². The summed E-state index contributed by atoms with van der Waals surface area (Å²) >= 11 is 3.50. The fourth-order valence-corrected chi connectivity index (χ4v) is 2.93. The van der Waals surface area contributed by atoms with Crippen LogP contribution in [0.5, 0.6) is 0 Å². The lowest BCUT2D eigenvalue weighted by atomic mass is 10.0. The van der Waals surface area contributed by atoms with Gasteiger partial charge >= 0.3 is 0 Å². The molecule has 0 spiro atoms. The zero-order valence-corrected chi connectivity index (χ0v) is 14.6. The van der Waals surface area contributed by atoms with E-state index < -0.39 is 0 Å². The van der Waals surface area contributed by atoms with Gasteiger partial charge in [0.2, 0.25) is 0 Å². The lowest BCUT2D eigenvalue weighted by molar-refractivity contribution is 1.35. The molecule has 0 aliphatic rings. The minimum atomic E-state index is 0.643. The maximum atomic E-state index is 9.09. The van der Waals surface area contributed by atoms with E-state index in [0.717, 1.165) is 28.1 Å². The largest absolute Gasteiger partial charge is 0.247 e. The standard InChI is InChI=1S/C21H15BrN2/c22-14-19-13-16(15-23)11-12-20(19)24-21(17-7-3-1-4-8-17)18-9-5-2-6-10-18/h1-13H,14H2. The number of benzene rings is 3. The normalized spacial score (nSPS) is 10.0. The van der Waals surface area contributed by atoms with Crippen molar-refractivity contribution in [2.45, 2.75) is 5.33 Å². The van der Waals surface area contributed by atoms with Gasteiger partial charge in [-0.1, -0.05) is 76.6 Å². The summed E-state index contributed by atoms with van der Waals surface area (Å²) in [6.45, 7) is 0. The van der Waals surface area contributed by atoms with Crippen molar-refractivity contribution in [3.05, 3.63) is 101 Å². The Labute approximate surface area is 150 Å². The molecule has 0 heterocycles. The maximum Gasteiger partial charge on any atom is 0.0991 e. The first-order valence-electron chi connectivity index (χ1n) is 7.60. The van der Waals surface area contributed by atoms with E-state index in [4.69, 9.17) is 10.3 Å². The molecule has 3 aromatic carbocycles. The first-order valence-corrected chi connectivity index (χ1v) is 8.72. The van der Waals surface area contributed by atoms with Gasteiger partial charge in [-0.05, 0) is 23.8 Å². The van der Waals surface area contributed by atoms with Crippen LogP contribution < -0.4 is 0 Å². The highest BCUT2D eigenvalue weighted by atomic mass is 79.9. The van der Waals surface area contributed by atoms with E-state index in [1.165, 1.54) is 0 Å². The number of nitriles is 1. The van der Waals surface area contributed by atoms with Gasteiger partial charge in [-0.2, -0.15) is 5.26 Å². The number of aliphatic imine (C=N–C) groups is 1. The van der Waals surface area contributed by atoms with Gasteiger partial charge in [-0.15, -0.1) is 0 Å². The second kappa shape index (κ2) is 7.72. The second-order valence-electron chi connectivity index (χ2n) is 5.28. The average molecular weight is 375 g/mol. The van der Waals surface area contributed by atoms with Crippen molar-refractivity contribution in [3.8, 4) is 6.07 Å². The topological polar surface area (TPSA) is 36.1 Å². The molecule has 0 bridgehead atoms. The van der Waals surface area contributed by atoms with Gasteiger partial charge in [0.15, 0.2) is 0 Å². The third-order valence-corrected chi connectivity index (χ3v) is 4.28. The van der Waals surface area contributed by atoms with Crippen molar-refractivity contribution in [2.24, 2.45) is 4.99 Å². The maximum absolute atomic E-state index is 9.09. The summed E-state index contributed by atoms with van der Waals surface area (Å²) in [6, 6.07) is 28.0. The van der Waals surface area contributed by atoms with E-state index in [1.807, 2.05) is 48.5 Å². The Hall–Kier alpha value is -2.70. The molecule has 3 aromatic rings. The Balaban J connectivity index is 2.17.